The third kappa shape index (κ3) is 6.92. The molecule has 0 radical (unpaired) electrons. The summed E-state index contributed by atoms with van der Waals surface area (Å²) in [5.74, 6) is -0.00903. The third-order valence-electron chi connectivity index (χ3n) is 4.45. The Morgan fingerprint density at radius 1 is 1.13 bits per heavy atom. The Balaban J connectivity index is 1.70. The molecule has 0 aliphatic carbocycles. The van der Waals surface area contributed by atoms with Crippen molar-refractivity contribution in [3.05, 3.63) is 83.4 Å². The van der Waals surface area contributed by atoms with Crippen molar-refractivity contribution < 1.29 is 12.8 Å². The van der Waals surface area contributed by atoms with Crippen molar-refractivity contribution in [3.8, 4) is 5.69 Å². The molecule has 0 amide bonds. The summed E-state index contributed by atoms with van der Waals surface area (Å²) < 4.78 is 38.9. The summed E-state index contributed by atoms with van der Waals surface area (Å²) in [6.07, 6.45) is 4.84. The first-order chi connectivity index (χ1) is 14.8. The van der Waals surface area contributed by atoms with Crippen molar-refractivity contribution in [2.24, 2.45) is 4.99 Å². The highest BCUT2D eigenvalue weighted by Crippen LogP contribution is 2.14. The number of nitrogens with one attached hydrogen (secondary N) is 2. The molecule has 3 aromatic rings. The Hall–Kier alpha value is -3.20. The molecule has 3 rings (SSSR count). The van der Waals surface area contributed by atoms with Crippen LogP contribution in [0.15, 0.2) is 65.9 Å². The van der Waals surface area contributed by atoms with Crippen LogP contribution in [0.3, 0.4) is 0 Å². The Kier molecular flexibility index (Phi) is 7.41. The van der Waals surface area contributed by atoms with E-state index in [1.54, 1.807) is 10.9 Å². The molecule has 9 heteroatoms. The van der Waals surface area contributed by atoms with Crippen molar-refractivity contribution in [2.45, 2.75) is 25.8 Å². The lowest BCUT2D eigenvalue weighted by Crippen LogP contribution is -2.37. The highest BCUT2D eigenvalue weighted by Gasteiger charge is 2.11. The number of aromatic nitrogens is 2. The topological polar surface area (TPSA) is 88.4 Å². The minimum absolute atomic E-state index is 0.142. The van der Waals surface area contributed by atoms with Gasteiger partial charge < -0.3 is 10.6 Å². The summed E-state index contributed by atoms with van der Waals surface area (Å²) in [6, 6.07) is 13.9. The highest BCUT2D eigenvalue weighted by atomic mass is 32.2. The van der Waals surface area contributed by atoms with Gasteiger partial charge in [-0.1, -0.05) is 24.3 Å². The van der Waals surface area contributed by atoms with Crippen LogP contribution < -0.4 is 10.6 Å². The molecule has 2 N–H and O–H groups in total. The number of para-hydroxylation sites is 1. The number of benzene rings is 2. The maximum atomic E-state index is 13.7. The Morgan fingerprint density at radius 3 is 2.61 bits per heavy atom. The van der Waals surface area contributed by atoms with Crippen LogP contribution in [-0.2, 0) is 28.7 Å². The lowest BCUT2D eigenvalue weighted by molar-refractivity contribution is 0.599. The Morgan fingerprint density at radius 2 is 1.90 bits per heavy atom. The fraction of sp³-hybridized carbons (Fsp3) is 0.273. The lowest BCUT2D eigenvalue weighted by atomic mass is 10.1. The molecule has 1 aromatic heterocycles. The predicted molar refractivity (Wildman–Crippen MR) is 120 cm³/mol. The summed E-state index contributed by atoms with van der Waals surface area (Å²) in [5, 5.41) is 10.7. The zero-order valence-electron chi connectivity index (χ0n) is 17.5. The first-order valence-corrected chi connectivity index (χ1v) is 12.0. The second-order valence-electron chi connectivity index (χ2n) is 7.16. The van der Waals surface area contributed by atoms with E-state index in [2.05, 4.69) is 20.7 Å². The van der Waals surface area contributed by atoms with Crippen LogP contribution in [0.5, 0.6) is 0 Å². The van der Waals surface area contributed by atoms with Crippen molar-refractivity contribution in [1.29, 1.82) is 0 Å². The number of halogens is 1. The largest absolute Gasteiger partial charge is 0.357 e. The van der Waals surface area contributed by atoms with Gasteiger partial charge >= 0.3 is 0 Å². The summed E-state index contributed by atoms with van der Waals surface area (Å²) in [4.78, 5) is 4.56. The van der Waals surface area contributed by atoms with Crippen LogP contribution in [0.4, 0.5) is 4.39 Å². The molecule has 7 nitrogen and oxygen atoms in total. The van der Waals surface area contributed by atoms with Gasteiger partial charge in [-0.2, -0.15) is 5.10 Å². The van der Waals surface area contributed by atoms with E-state index in [9.17, 15) is 12.8 Å². The maximum absolute atomic E-state index is 13.7. The van der Waals surface area contributed by atoms with E-state index in [4.69, 9.17) is 0 Å². The molecule has 0 fully saturated rings. The van der Waals surface area contributed by atoms with Crippen LogP contribution in [0.1, 0.15) is 23.6 Å². The average Bonchev–Trinajstić information content (AvgIpc) is 3.20. The van der Waals surface area contributed by atoms with E-state index < -0.39 is 15.7 Å². The van der Waals surface area contributed by atoms with Gasteiger partial charge in [-0.25, -0.2) is 22.5 Å². The van der Waals surface area contributed by atoms with Crippen molar-refractivity contribution >= 4 is 15.8 Å². The SMILES string of the molecule is CCNC(=NCc1cnn(-c2ccccc2)c1)NCc1cc(F)ccc1CS(C)(=O)=O. The van der Waals surface area contributed by atoms with E-state index in [0.717, 1.165) is 17.5 Å². The minimum Gasteiger partial charge on any atom is -0.357 e. The molecule has 2 aromatic carbocycles. The van der Waals surface area contributed by atoms with Gasteiger partial charge in [0.2, 0.25) is 0 Å². The second kappa shape index (κ2) is 10.2. The fourth-order valence-electron chi connectivity index (χ4n) is 3.04. The van der Waals surface area contributed by atoms with Gasteiger partial charge in [-0.3, -0.25) is 0 Å². The van der Waals surface area contributed by atoms with Gasteiger partial charge in [0.05, 0.1) is 24.2 Å². The van der Waals surface area contributed by atoms with Gasteiger partial charge in [0.1, 0.15) is 5.82 Å². The fourth-order valence-corrected chi connectivity index (χ4v) is 3.88. The van der Waals surface area contributed by atoms with Gasteiger partial charge in [0.25, 0.3) is 0 Å². The van der Waals surface area contributed by atoms with Gasteiger partial charge in [0.15, 0.2) is 15.8 Å². The third-order valence-corrected chi connectivity index (χ3v) is 5.29. The zero-order valence-corrected chi connectivity index (χ0v) is 18.4. The first kappa shape index (κ1) is 22.5. The number of nitrogens with zero attached hydrogens (tertiary/aromatic N) is 3. The molecule has 0 spiro atoms. The van der Waals surface area contributed by atoms with E-state index in [0.29, 0.717) is 30.2 Å². The van der Waals surface area contributed by atoms with Crippen LogP contribution in [0.25, 0.3) is 5.69 Å². The number of sulfone groups is 1. The van der Waals surface area contributed by atoms with Crippen LogP contribution in [-0.4, -0.2) is 37.0 Å². The molecule has 0 unspecified atom stereocenters. The number of aliphatic imine (C=N–C) groups is 1. The van der Waals surface area contributed by atoms with Crippen molar-refractivity contribution in [1.82, 2.24) is 20.4 Å². The standard InChI is InChI=1S/C22H26FN5O2S/c1-3-24-22(25-12-17-13-27-28(15-17)21-7-5-4-6-8-21)26-14-19-11-20(23)10-9-18(19)16-31(2,29)30/h4-11,13,15H,3,12,14,16H2,1-2H3,(H2,24,25,26). The molecule has 0 aliphatic rings. The molecule has 164 valence electrons. The average molecular weight is 444 g/mol. The smallest absolute Gasteiger partial charge is 0.191 e. The van der Waals surface area contributed by atoms with E-state index in [1.165, 1.54) is 18.2 Å². The molecular weight excluding hydrogens is 417 g/mol. The molecule has 1 heterocycles. The zero-order chi connectivity index (χ0) is 22.3. The second-order valence-corrected chi connectivity index (χ2v) is 9.30. The lowest BCUT2D eigenvalue weighted by Gasteiger charge is -2.14. The van der Waals surface area contributed by atoms with Crippen LogP contribution in [0, 0.1) is 5.82 Å². The summed E-state index contributed by atoms with van der Waals surface area (Å²) in [7, 11) is -3.23. The number of hydrogen-bond donors (Lipinski definition) is 2. The quantitative estimate of drug-likeness (QED) is 0.413. The van der Waals surface area contributed by atoms with Gasteiger partial charge in [0, 0.05) is 31.1 Å². The summed E-state index contributed by atoms with van der Waals surface area (Å²) in [5.41, 5.74) is 3.04. The van der Waals surface area contributed by atoms with E-state index >= 15 is 0 Å². The number of guanidine groups is 1. The number of rotatable bonds is 8. The Labute approximate surface area is 181 Å². The van der Waals surface area contributed by atoms with E-state index in [1.807, 2.05) is 43.5 Å². The maximum Gasteiger partial charge on any atom is 0.191 e. The molecular formula is C22H26FN5O2S. The van der Waals surface area contributed by atoms with Gasteiger partial charge in [-0.15, -0.1) is 0 Å². The van der Waals surface area contributed by atoms with Crippen LogP contribution >= 0.6 is 0 Å². The molecule has 0 saturated carbocycles. The molecule has 0 saturated heterocycles. The normalized spacial score (nSPS) is 12.0. The first-order valence-electron chi connectivity index (χ1n) is 9.90. The minimum atomic E-state index is -3.23. The molecule has 31 heavy (non-hydrogen) atoms. The highest BCUT2D eigenvalue weighted by molar-refractivity contribution is 7.89. The Bertz CT molecular complexity index is 1140. The summed E-state index contributed by atoms with van der Waals surface area (Å²) in [6.45, 7) is 3.25. The molecule has 0 atom stereocenters. The number of hydrogen-bond acceptors (Lipinski definition) is 4. The molecule has 0 bridgehead atoms. The van der Waals surface area contributed by atoms with Crippen molar-refractivity contribution in [2.75, 3.05) is 12.8 Å². The molecule has 0 aliphatic heterocycles. The van der Waals surface area contributed by atoms with E-state index in [-0.39, 0.29) is 12.3 Å². The van der Waals surface area contributed by atoms with Crippen LogP contribution in [0.2, 0.25) is 0 Å². The predicted octanol–water partition coefficient (Wildman–Crippen LogP) is 2.81. The van der Waals surface area contributed by atoms with Gasteiger partial charge in [-0.05, 0) is 42.3 Å². The monoisotopic (exact) mass is 443 g/mol. The summed E-state index contributed by atoms with van der Waals surface area (Å²) >= 11 is 0. The van der Waals surface area contributed by atoms with Crippen molar-refractivity contribution in [3.63, 3.8) is 0 Å².